The van der Waals surface area contributed by atoms with Crippen LogP contribution in [0.2, 0.25) is 0 Å². The van der Waals surface area contributed by atoms with Crippen LogP contribution in [-0.2, 0) is 6.54 Å². The van der Waals surface area contributed by atoms with Gasteiger partial charge in [0, 0.05) is 30.5 Å². The number of benzene rings is 2. The summed E-state index contributed by atoms with van der Waals surface area (Å²) in [5, 5.41) is 9.13. The molecule has 3 rings (SSSR count). The molecule has 0 spiro atoms. The van der Waals surface area contributed by atoms with Gasteiger partial charge in [0.25, 0.3) is 11.8 Å². The van der Waals surface area contributed by atoms with Gasteiger partial charge in [-0.3, -0.25) is 14.6 Å². The second-order valence-corrected chi connectivity index (χ2v) is 7.72. The van der Waals surface area contributed by atoms with E-state index < -0.39 is 0 Å². The van der Waals surface area contributed by atoms with Gasteiger partial charge >= 0.3 is 0 Å². The van der Waals surface area contributed by atoms with E-state index in [-0.39, 0.29) is 11.8 Å². The minimum atomic E-state index is -0.311. The van der Waals surface area contributed by atoms with Crippen LogP contribution >= 0.6 is 0 Å². The number of carbonyl (C=O) groups is 2. The Morgan fingerprint density at radius 2 is 1.75 bits per heavy atom. The molecule has 0 saturated heterocycles. The highest BCUT2D eigenvalue weighted by Crippen LogP contribution is 2.19. The van der Waals surface area contributed by atoms with E-state index in [0.29, 0.717) is 36.0 Å². The molecule has 6 nitrogen and oxygen atoms in total. The summed E-state index contributed by atoms with van der Waals surface area (Å²) < 4.78 is 0. The number of carbonyl (C=O) groups excluding carboxylic acids is 2. The van der Waals surface area contributed by atoms with Gasteiger partial charge in [0.2, 0.25) is 0 Å². The lowest BCUT2D eigenvalue weighted by molar-refractivity contribution is 0.0954. The van der Waals surface area contributed by atoms with E-state index >= 15 is 0 Å². The van der Waals surface area contributed by atoms with E-state index in [4.69, 9.17) is 0 Å². The predicted molar refractivity (Wildman–Crippen MR) is 128 cm³/mol. The number of rotatable bonds is 10. The molecule has 0 saturated carbocycles. The number of hydrogen-bond donors (Lipinski definition) is 3. The highest BCUT2D eigenvalue weighted by atomic mass is 16.2. The van der Waals surface area contributed by atoms with Crippen molar-refractivity contribution in [2.75, 3.05) is 18.4 Å². The molecule has 1 aromatic heterocycles. The van der Waals surface area contributed by atoms with Crippen LogP contribution in [0.4, 0.5) is 5.69 Å². The number of amides is 2. The number of pyridine rings is 1. The normalized spacial score (nSPS) is 11.6. The lowest BCUT2D eigenvalue weighted by Gasteiger charge is -2.14. The summed E-state index contributed by atoms with van der Waals surface area (Å²) in [5.74, 6) is -0.0202. The largest absolute Gasteiger partial charge is 0.352 e. The molecule has 32 heavy (non-hydrogen) atoms. The summed E-state index contributed by atoms with van der Waals surface area (Å²) in [6, 6.07) is 21.1. The van der Waals surface area contributed by atoms with Gasteiger partial charge in [-0.25, -0.2) is 0 Å². The maximum Gasteiger partial charge on any atom is 0.274 e. The van der Waals surface area contributed by atoms with Crippen molar-refractivity contribution >= 4 is 17.5 Å². The Morgan fingerprint density at radius 1 is 0.969 bits per heavy atom. The summed E-state index contributed by atoms with van der Waals surface area (Å²) in [6.45, 7) is 6.07. The first-order chi connectivity index (χ1) is 15.6. The highest BCUT2D eigenvalue weighted by molar-refractivity contribution is 6.04. The summed E-state index contributed by atoms with van der Waals surface area (Å²) in [5.41, 5.74) is 3.66. The Hall–Kier alpha value is -3.51. The fourth-order valence-electron chi connectivity index (χ4n) is 3.45. The Balaban J connectivity index is 1.65. The van der Waals surface area contributed by atoms with Gasteiger partial charge in [-0.1, -0.05) is 43.3 Å². The zero-order valence-corrected chi connectivity index (χ0v) is 18.6. The molecular weight excluding hydrogens is 400 g/mol. The summed E-state index contributed by atoms with van der Waals surface area (Å²) in [4.78, 5) is 29.0. The minimum Gasteiger partial charge on any atom is -0.352 e. The number of aromatic nitrogens is 1. The molecule has 1 heterocycles. The van der Waals surface area contributed by atoms with Crippen molar-refractivity contribution < 1.29 is 9.59 Å². The summed E-state index contributed by atoms with van der Waals surface area (Å²) in [7, 11) is 0. The minimum absolute atomic E-state index is 0.166. The second-order valence-electron chi connectivity index (χ2n) is 7.72. The quantitative estimate of drug-likeness (QED) is 0.417. The Labute approximate surface area is 189 Å². The average Bonchev–Trinajstić information content (AvgIpc) is 2.83. The highest BCUT2D eigenvalue weighted by Gasteiger charge is 2.12. The smallest absolute Gasteiger partial charge is 0.274 e. The lowest BCUT2D eigenvalue weighted by atomic mass is 9.98. The maximum absolute atomic E-state index is 12.5. The van der Waals surface area contributed by atoms with Gasteiger partial charge in [0.1, 0.15) is 5.69 Å². The fourth-order valence-corrected chi connectivity index (χ4v) is 3.45. The van der Waals surface area contributed by atoms with Gasteiger partial charge in [-0.2, -0.15) is 0 Å². The molecule has 0 aliphatic carbocycles. The number of anilines is 1. The summed E-state index contributed by atoms with van der Waals surface area (Å²) in [6.07, 6.45) is 2.58. The molecule has 1 unspecified atom stereocenters. The molecule has 6 heteroatoms. The fraction of sp³-hybridized carbons (Fsp3) is 0.269. The third-order valence-electron chi connectivity index (χ3n) is 5.20. The Morgan fingerprint density at radius 3 is 2.47 bits per heavy atom. The van der Waals surface area contributed by atoms with Crippen LogP contribution in [0.5, 0.6) is 0 Å². The van der Waals surface area contributed by atoms with Gasteiger partial charge in [0.05, 0.1) is 0 Å². The van der Waals surface area contributed by atoms with E-state index in [1.54, 1.807) is 30.5 Å². The van der Waals surface area contributed by atoms with Crippen LogP contribution < -0.4 is 16.0 Å². The third-order valence-corrected chi connectivity index (χ3v) is 5.20. The second kappa shape index (κ2) is 11.8. The van der Waals surface area contributed by atoms with E-state index in [1.165, 1.54) is 5.56 Å². The topological polar surface area (TPSA) is 83.1 Å². The number of nitrogens with one attached hydrogen (secondary N) is 3. The van der Waals surface area contributed by atoms with Crippen molar-refractivity contribution in [3.8, 4) is 0 Å². The lowest BCUT2D eigenvalue weighted by Crippen LogP contribution is -2.24. The average molecular weight is 431 g/mol. The van der Waals surface area contributed by atoms with Crippen LogP contribution in [0, 0.1) is 0 Å². The first-order valence-corrected chi connectivity index (χ1v) is 11.0. The molecule has 2 amide bonds. The molecule has 0 radical (unpaired) electrons. The van der Waals surface area contributed by atoms with Crippen LogP contribution in [0.25, 0.3) is 0 Å². The van der Waals surface area contributed by atoms with Crippen LogP contribution in [0.3, 0.4) is 0 Å². The van der Waals surface area contributed by atoms with Crippen molar-refractivity contribution in [3.05, 3.63) is 95.3 Å². The SMILES string of the molecule is CCNC(=O)c1cc(CNCCC(C)c2ccccc2)cc(NC(=O)c2ccccn2)c1. The molecule has 0 aliphatic heterocycles. The molecule has 2 aromatic carbocycles. The van der Waals surface area contributed by atoms with Crippen molar-refractivity contribution in [1.29, 1.82) is 0 Å². The van der Waals surface area contributed by atoms with E-state index in [0.717, 1.165) is 18.5 Å². The zero-order valence-electron chi connectivity index (χ0n) is 18.6. The molecule has 166 valence electrons. The van der Waals surface area contributed by atoms with Crippen molar-refractivity contribution in [2.24, 2.45) is 0 Å². The van der Waals surface area contributed by atoms with Crippen LogP contribution in [0.15, 0.2) is 72.9 Å². The monoisotopic (exact) mass is 430 g/mol. The van der Waals surface area contributed by atoms with Gasteiger partial charge < -0.3 is 16.0 Å². The van der Waals surface area contributed by atoms with Crippen LogP contribution in [0.1, 0.15) is 58.2 Å². The van der Waals surface area contributed by atoms with Crippen molar-refractivity contribution in [1.82, 2.24) is 15.6 Å². The first-order valence-electron chi connectivity index (χ1n) is 11.0. The molecule has 3 N–H and O–H groups in total. The first kappa shape index (κ1) is 23.2. The van der Waals surface area contributed by atoms with E-state index in [9.17, 15) is 9.59 Å². The van der Waals surface area contributed by atoms with E-state index in [2.05, 4.69) is 52.1 Å². The van der Waals surface area contributed by atoms with Gasteiger partial charge in [-0.05, 0) is 67.3 Å². The van der Waals surface area contributed by atoms with Crippen LogP contribution in [-0.4, -0.2) is 29.9 Å². The van der Waals surface area contributed by atoms with E-state index in [1.807, 2.05) is 25.1 Å². The van der Waals surface area contributed by atoms with Crippen molar-refractivity contribution in [3.63, 3.8) is 0 Å². The standard InChI is InChI=1S/C26H30N4O2/c1-3-28-25(31)22-15-20(18-27-14-12-19(2)21-9-5-4-6-10-21)16-23(17-22)30-26(32)24-11-7-8-13-29-24/h4-11,13,15-17,19,27H,3,12,14,18H2,1-2H3,(H,28,31)(H,30,32). The molecular formula is C26H30N4O2. The molecule has 3 aromatic rings. The zero-order chi connectivity index (χ0) is 22.8. The number of hydrogen-bond acceptors (Lipinski definition) is 4. The molecule has 0 bridgehead atoms. The maximum atomic E-state index is 12.5. The number of nitrogens with zero attached hydrogens (tertiary/aromatic N) is 1. The van der Waals surface area contributed by atoms with Crippen molar-refractivity contribution in [2.45, 2.75) is 32.7 Å². The summed E-state index contributed by atoms with van der Waals surface area (Å²) >= 11 is 0. The molecule has 0 fully saturated rings. The Kier molecular flexibility index (Phi) is 8.52. The molecule has 1 atom stereocenters. The third kappa shape index (κ3) is 6.75. The van der Waals surface area contributed by atoms with Gasteiger partial charge in [-0.15, -0.1) is 0 Å². The van der Waals surface area contributed by atoms with Gasteiger partial charge in [0.15, 0.2) is 0 Å². The molecule has 0 aliphatic rings. The predicted octanol–water partition coefficient (Wildman–Crippen LogP) is 4.37. The Bertz CT molecular complexity index is 1020.